The number of piperidine rings is 1. The Balaban J connectivity index is 1.38. The number of nitrogens with zero attached hydrogens (tertiary/aromatic N) is 2. The highest BCUT2D eigenvalue weighted by molar-refractivity contribution is 5.69. The Bertz CT molecular complexity index is 971. The van der Waals surface area contributed by atoms with Crippen LogP contribution in [0, 0.1) is 11.7 Å². The van der Waals surface area contributed by atoms with Crippen LogP contribution in [0.4, 0.5) is 20.2 Å². The summed E-state index contributed by atoms with van der Waals surface area (Å²) in [6.45, 7) is 3.62. The van der Waals surface area contributed by atoms with Crippen molar-refractivity contribution in [3.05, 3.63) is 48.3 Å². The quantitative estimate of drug-likeness (QED) is 0.656. The number of ether oxygens (including phenoxy) is 2. The minimum Gasteiger partial charge on any atom is -0.497 e. The number of benzene rings is 2. The average molecular weight is 461 g/mol. The molecule has 8 heteroatoms. The standard InChI is InChI=1S/C25H30F2N2O4/c1-16-14-28(23-13-21(32-2)7-8-22(23)27)10-9-24(16)33-20-5-3-18(4-6-20)29-15-17(26)11-19(29)12-25(30)31/h3-8,13,16-17,19,24H,9-12,14-15H2,1-2H3,(H,30,31)/t16?,17-,19-,24?/m1/s1. The molecule has 2 aliphatic heterocycles. The molecule has 2 unspecified atom stereocenters. The molecule has 4 rings (SSSR count). The lowest BCUT2D eigenvalue weighted by molar-refractivity contribution is -0.137. The van der Waals surface area contributed by atoms with E-state index < -0.39 is 12.1 Å². The van der Waals surface area contributed by atoms with Crippen LogP contribution in [0.15, 0.2) is 42.5 Å². The molecule has 0 spiro atoms. The first kappa shape index (κ1) is 23.1. The zero-order valence-corrected chi connectivity index (χ0v) is 18.9. The second-order valence-electron chi connectivity index (χ2n) is 8.92. The number of hydrogen-bond acceptors (Lipinski definition) is 5. The number of methoxy groups -OCH3 is 1. The molecule has 2 aliphatic rings. The third-order valence-electron chi connectivity index (χ3n) is 6.55. The third-order valence-corrected chi connectivity index (χ3v) is 6.55. The molecule has 2 fully saturated rings. The minimum atomic E-state index is -1.02. The van der Waals surface area contributed by atoms with Crippen LogP contribution >= 0.6 is 0 Å². The second kappa shape index (κ2) is 9.85. The fraction of sp³-hybridized carbons (Fsp3) is 0.480. The van der Waals surface area contributed by atoms with Crippen LogP contribution < -0.4 is 19.3 Å². The van der Waals surface area contributed by atoms with Gasteiger partial charge in [0, 0.05) is 56.2 Å². The number of anilines is 2. The van der Waals surface area contributed by atoms with E-state index >= 15 is 0 Å². The molecule has 33 heavy (non-hydrogen) atoms. The zero-order chi connectivity index (χ0) is 23.5. The average Bonchev–Trinajstić information content (AvgIpc) is 3.15. The summed E-state index contributed by atoms with van der Waals surface area (Å²) in [5.41, 5.74) is 1.34. The zero-order valence-electron chi connectivity index (χ0n) is 18.9. The molecule has 2 aromatic rings. The Hall–Kier alpha value is -3.03. The molecule has 1 N–H and O–H groups in total. The van der Waals surface area contributed by atoms with E-state index in [9.17, 15) is 13.6 Å². The highest BCUT2D eigenvalue weighted by Gasteiger charge is 2.34. The minimum absolute atomic E-state index is 0.0115. The molecule has 0 aliphatic carbocycles. The largest absolute Gasteiger partial charge is 0.497 e. The van der Waals surface area contributed by atoms with E-state index in [2.05, 4.69) is 6.92 Å². The normalized spacial score (nSPS) is 25.2. The maximum absolute atomic E-state index is 14.4. The lowest BCUT2D eigenvalue weighted by atomic mass is 9.95. The van der Waals surface area contributed by atoms with E-state index in [4.69, 9.17) is 14.6 Å². The fourth-order valence-corrected chi connectivity index (χ4v) is 4.84. The van der Waals surface area contributed by atoms with E-state index in [1.807, 2.05) is 34.1 Å². The van der Waals surface area contributed by atoms with Gasteiger partial charge in [0.05, 0.1) is 19.2 Å². The van der Waals surface area contributed by atoms with Gasteiger partial charge in [0.25, 0.3) is 0 Å². The van der Waals surface area contributed by atoms with Crippen molar-refractivity contribution in [2.45, 2.75) is 44.5 Å². The number of carboxylic acid groups (broad SMARTS) is 1. The molecule has 2 saturated heterocycles. The van der Waals surface area contributed by atoms with Crippen molar-refractivity contribution >= 4 is 17.3 Å². The Morgan fingerprint density at radius 2 is 1.88 bits per heavy atom. The predicted octanol–water partition coefficient (Wildman–Crippen LogP) is 4.52. The molecule has 0 saturated carbocycles. The Morgan fingerprint density at radius 3 is 2.55 bits per heavy atom. The lowest BCUT2D eigenvalue weighted by Gasteiger charge is -2.38. The number of halogens is 2. The van der Waals surface area contributed by atoms with Gasteiger partial charge in [-0.15, -0.1) is 0 Å². The van der Waals surface area contributed by atoms with Gasteiger partial charge in [0.15, 0.2) is 0 Å². The molecule has 2 heterocycles. The second-order valence-corrected chi connectivity index (χ2v) is 8.92. The first-order chi connectivity index (χ1) is 15.8. The maximum atomic E-state index is 14.4. The number of hydrogen-bond donors (Lipinski definition) is 1. The number of alkyl halides is 1. The van der Waals surface area contributed by atoms with Gasteiger partial charge >= 0.3 is 5.97 Å². The van der Waals surface area contributed by atoms with Gasteiger partial charge < -0.3 is 24.4 Å². The van der Waals surface area contributed by atoms with E-state index in [1.54, 1.807) is 19.2 Å². The lowest BCUT2D eigenvalue weighted by Crippen LogP contribution is -2.44. The van der Waals surface area contributed by atoms with Gasteiger partial charge in [0.1, 0.15) is 29.6 Å². The Kier molecular flexibility index (Phi) is 6.91. The van der Waals surface area contributed by atoms with Gasteiger partial charge in [-0.25, -0.2) is 8.78 Å². The first-order valence-electron chi connectivity index (χ1n) is 11.3. The van der Waals surface area contributed by atoms with Crippen LogP contribution in [0.1, 0.15) is 26.2 Å². The van der Waals surface area contributed by atoms with Crippen LogP contribution in [-0.2, 0) is 4.79 Å². The monoisotopic (exact) mass is 460 g/mol. The summed E-state index contributed by atoms with van der Waals surface area (Å²) in [6.07, 6.45) is -0.138. The van der Waals surface area contributed by atoms with E-state index in [0.29, 0.717) is 30.3 Å². The Morgan fingerprint density at radius 1 is 1.15 bits per heavy atom. The molecule has 0 bridgehead atoms. The predicted molar refractivity (Wildman–Crippen MR) is 123 cm³/mol. The van der Waals surface area contributed by atoms with Crippen molar-refractivity contribution in [2.24, 2.45) is 5.92 Å². The number of aliphatic carboxylic acids is 1. The van der Waals surface area contributed by atoms with Crippen molar-refractivity contribution < 1.29 is 28.2 Å². The van der Waals surface area contributed by atoms with Gasteiger partial charge in [-0.2, -0.15) is 0 Å². The van der Waals surface area contributed by atoms with Crippen molar-refractivity contribution in [2.75, 3.05) is 36.5 Å². The van der Waals surface area contributed by atoms with Crippen LogP contribution in [0.5, 0.6) is 11.5 Å². The van der Waals surface area contributed by atoms with Gasteiger partial charge in [-0.3, -0.25) is 4.79 Å². The smallest absolute Gasteiger partial charge is 0.305 e. The molecule has 178 valence electrons. The molecule has 0 aromatic heterocycles. The van der Waals surface area contributed by atoms with Gasteiger partial charge in [-0.1, -0.05) is 6.92 Å². The summed E-state index contributed by atoms with van der Waals surface area (Å²) >= 11 is 0. The van der Waals surface area contributed by atoms with Crippen molar-refractivity contribution in [3.63, 3.8) is 0 Å². The fourth-order valence-electron chi connectivity index (χ4n) is 4.84. The summed E-state index contributed by atoms with van der Waals surface area (Å²) in [7, 11) is 1.57. The van der Waals surface area contributed by atoms with Crippen LogP contribution in [0.2, 0.25) is 0 Å². The van der Waals surface area contributed by atoms with E-state index in [-0.39, 0.29) is 43.3 Å². The Labute approximate surface area is 192 Å². The first-order valence-corrected chi connectivity index (χ1v) is 11.3. The molecule has 4 atom stereocenters. The van der Waals surface area contributed by atoms with Crippen molar-refractivity contribution in [1.29, 1.82) is 0 Å². The summed E-state index contributed by atoms with van der Waals surface area (Å²) in [5.74, 6) is 0.322. The molecule has 0 radical (unpaired) electrons. The highest BCUT2D eigenvalue weighted by atomic mass is 19.1. The maximum Gasteiger partial charge on any atom is 0.305 e. The molecule has 2 aromatic carbocycles. The number of carboxylic acids is 1. The van der Waals surface area contributed by atoms with Crippen LogP contribution in [0.25, 0.3) is 0 Å². The van der Waals surface area contributed by atoms with Gasteiger partial charge in [-0.05, 0) is 36.4 Å². The third kappa shape index (κ3) is 5.31. The molecule has 0 amide bonds. The highest BCUT2D eigenvalue weighted by Crippen LogP contribution is 2.33. The summed E-state index contributed by atoms with van der Waals surface area (Å²) in [5, 5.41) is 9.11. The SMILES string of the molecule is COc1ccc(F)c(N2CCC(Oc3ccc(N4C[C@H](F)C[C@@H]4CC(=O)O)cc3)C(C)C2)c1. The number of rotatable bonds is 7. The van der Waals surface area contributed by atoms with Crippen molar-refractivity contribution in [1.82, 2.24) is 0 Å². The van der Waals surface area contributed by atoms with Crippen molar-refractivity contribution in [3.8, 4) is 11.5 Å². The number of carbonyl (C=O) groups is 1. The summed E-state index contributed by atoms with van der Waals surface area (Å²) in [6, 6.07) is 11.8. The van der Waals surface area contributed by atoms with Crippen LogP contribution in [0.3, 0.4) is 0 Å². The van der Waals surface area contributed by atoms with E-state index in [0.717, 1.165) is 12.1 Å². The summed E-state index contributed by atoms with van der Waals surface area (Å²) in [4.78, 5) is 15.0. The molecular weight excluding hydrogens is 430 g/mol. The van der Waals surface area contributed by atoms with Gasteiger partial charge in [0.2, 0.25) is 0 Å². The summed E-state index contributed by atoms with van der Waals surface area (Å²) < 4.78 is 39.7. The topological polar surface area (TPSA) is 62.2 Å². The van der Waals surface area contributed by atoms with E-state index in [1.165, 1.54) is 6.07 Å². The molecular formula is C25H30F2N2O4. The molecule has 6 nitrogen and oxygen atoms in total. The van der Waals surface area contributed by atoms with Crippen LogP contribution in [-0.4, -0.2) is 56.1 Å².